The number of ether oxygens (including phenoxy) is 3. The minimum absolute atomic E-state index is 0.147. The van der Waals surface area contributed by atoms with Crippen molar-refractivity contribution in [1.29, 1.82) is 5.26 Å². The predicted molar refractivity (Wildman–Crippen MR) is 73.2 cm³/mol. The summed E-state index contributed by atoms with van der Waals surface area (Å²) in [6.45, 7) is 1.84. The highest BCUT2D eigenvalue weighted by molar-refractivity contribution is 5.93. The summed E-state index contributed by atoms with van der Waals surface area (Å²) < 4.78 is 15.9. The van der Waals surface area contributed by atoms with E-state index in [1.165, 1.54) is 19.1 Å². The highest BCUT2D eigenvalue weighted by Crippen LogP contribution is 2.53. The molecule has 6 nitrogen and oxygen atoms in total. The summed E-state index contributed by atoms with van der Waals surface area (Å²) >= 11 is 0. The number of rotatable bonds is 1. The van der Waals surface area contributed by atoms with Crippen LogP contribution in [0.3, 0.4) is 0 Å². The Kier molecular flexibility index (Phi) is 2.80. The summed E-state index contributed by atoms with van der Waals surface area (Å²) in [4.78, 5) is 13.6. The molecule has 0 saturated carbocycles. The third-order valence-corrected chi connectivity index (χ3v) is 3.95. The van der Waals surface area contributed by atoms with Gasteiger partial charge in [-0.2, -0.15) is 5.26 Å². The van der Waals surface area contributed by atoms with Crippen LogP contribution in [0.2, 0.25) is 0 Å². The third kappa shape index (κ3) is 1.54. The zero-order chi connectivity index (χ0) is 15.2. The van der Waals surface area contributed by atoms with Gasteiger partial charge in [-0.25, -0.2) is 4.79 Å². The second kappa shape index (κ2) is 4.42. The minimum atomic E-state index is -0.860. The predicted octanol–water partition coefficient (Wildman–Crippen LogP) is 2.27. The van der Waals surface area contributed by atoms with Gasteiger partial charge in [0.05, 0.1) is 19.9 Å². The van der Waals surface area contributed by atoms with Crippen molar-refractivity contribution in [3.05, 3.63) is 41.3 Å². The second-order valence-corrected chi connectivity index (χ2v) is 4.99. The number of para-hydroxylation sites is 1. The SMILES string of the molecule is COC(=O)N1c2ccccc2C2(C)OC(OC)=C(C#N)C12. The molecule has 0 fully saturated rings. The van der Waals surface area contributed by atoms with Crippen LogP contribution in [0.25, 0.3) is 0 Å². The van der Waals surface area contributed by atoms with E-state index in [4.69, 9.17) is 14.2 Å². The topological polar surface area (TPSA) is 71.8 Å². The molecule has 3 rings (SSSR count). The Morgan fingerprint density at radius 3 is 2.76 bits per heavy atom. The Bertz CT molecular complexity index is 691. The van der Waals surface area contributed by atoms with Gasteiger partial charge in [0.15, 0.2) is 5.60 Å². The molecule has 0 radical (unpaired) electrons. The molecule has 0 saturated heterocycles. The summed E-state index contributed by atoms with van der Waals surface area (Å²) in [6, 6.07) is 8.86. The first-order valence-electron chi connectivity index (χ1n) is 6.42. The molecule has 0 aromatic heterocycles. The van der Waals surface area contributed by atoms with Gasteiger partial charge in [-0.1, -0.05) is 18.2 Å². The summed E-state index contributed by atoms with van der Waals surface area (Å²) in [5.41, 5.74) is 0.919. The van der Waals surface area contributed by atoms with Crippen molar-refractivity contribution in [2.24, 2.45) is 0 Å². The van der Waals surface area contributed by atoms with Gasteiger partial charge in [0.25, 0.3) is 5.95 Å². The lowest BCUT2D eigenvalue weighted by Crippen LogP contribution is -2.45. The van der Waals surface area contributed by atoms with Gasteiger partial charge in [0.2, 0.25) is 0 Å². The average Bonchev–Trinajstić information content (AvgIpc) is 2.93. The third-order valence-electron chi connectivity index (χ3n) is 3.95. The zero-order valence-electron chi connectivity index (χ0n) is 11.9. The fraction of sp³-hybridized carbons (Fsp3) is 0.333. The first kappa shape index (κ1) is 13.3. The maximum atomic E-state index is 12.2. The van der Waals surface area contributed by atoms with Gasteiger partial charge in [0, 0.05) is 5.56 Å². The first-order chi connectivity index (χ1) is 10.1. The number of methoxy groups -OCH3 is 2. The molecular weight excluding hydrogens is 272 g/mol. The Morgan fingerprint density at radius 1 is 1.43 bits per heavy atom. The minimum Gasteiger partial charge on any atom is -0.468 e. The molecule has 21 heavy (non-hydrogen) atoms. The van der Waals surface area contributed by atoms with Crippen LogP contribution in [0.4, 0.5) is 10.5 Å². The van der Waals surface area contributed by atoms with E-state index in [9.17, 15) is 10.1 Å². The Labute approximate surface area is 122 Å². The van der Waals surface area contributed by atoms with Crippen LogP contribution >= 0.6 is 0 Å². The smallest absolute Gasteiger partial charge is 0.414 e. The highest BCUT2D eigenvalue weighted by atomic mass is 16.7. The Hall–Kier alpha value is -2.68. The number of hydrogen-bond donors (Lipinski definition) is 0. The van der Waals surface area contributed by atoms with Gasteiger partial charge < -0.3 is 14.2 Å². The van der Waals surface area contributed by atoms with E-state index >= 15 is 0 Å². The van der Waals surface area contributed by atoms with E-state index in [2.05, 4.69) is 6.07 Å². The van der Waals surface area contributed by atoms with Crippen molar-refractivity contribution in [3.63, 3.8) is 0 Å². The van der Waals surface area contributed by atoms with Gasteiger partial charge in [-0.3, -0.25) is 4.90 Å². The molecule has 6 heteroatoms. The van der Waals surface area contributed by atoms with Crippen molar-refractivity contribution in [3.8, 4) is 6.07 Å². The molecule has 0 N–H and O–H groups in total. The van der Waals surface area contributed by atoms with Crippen molar-refractivity contribution >= 4 is 11.8 Å². The molecule has 0 bridgehead atoms. The lowest BCUT2D eigenvalue weighted by Gasteiger charge is -2.27. The van der Waals surface area contributed by atoms with Gasteiger partial charge in [0.1, 0.15) is 17.7 Å². The molecule has 1 aromatic carbocycles. The van der Waals surface area contributed by atoms with Crippen molar-refractivity contribution < 1.29 is 19.0 Å². The largest absolute Gasteiger partial charge is 0.468 e. The zero-order valence-corrected chi connectivity index (χ0v) is 11.9. The Morgan fingerprint density at radius 2 is 2.14 bits per heavy atom. The van der Waals surface area contributed by atoms with E-state index in [1.54, 1.807) is 6.07 Å². The van der Waals surface area contributed by atoms with Crippen LogP contribution in [0.1, 0.15) is 12.5 Å². The number of amides is 1. The summed E-state index contributed by atoms with van der Waals surface area (Å²) in [7, 11) is 2.74. The molecular formula is C15H14N2O4. The quantitative estimate of drug-likeness (QED) is 0.792. The van der Waals surface area contributed by atoms with Crippen molar-refractivity contribution in [2.45, 2.75) is 18.6 Å². The van der Waals surface area contributed by atoms with Crippen LogP contribution in [0.5, 0.6) is 0 Å². The average molecular weight is 286 g/mol. The monoisotopic (exact) mass is 286 g/mol. The summed E-state index contributed by atoms with van der Waals surface area (Å²) in [5.74, 6) is 0.147. The fourth-order valence-electron chi connectivity index (χ4n) is 3.07. The normalized spacial score (nSPS) is 25.8. The number of carbonyl (C=O) groups is 1. The van der Waals surface area contributed by atoms with Crippen molar-refractivity contribution in [1.82, 2.24) is 0 Å². The number of hydrogen-bond acceptors (Lipinski definition) is 5. The number of anilines is 1. The second-order valence-electron chi connectivity index (χ2n) is 4.99. The summed E-state index contributed by atoms with van der Waals surface area (Å²) in [5, 5.41) is 9.43. The van der Waals surface area contributed by atoms with Crippen LogP contribution in [-0.2, 0) is 19.8 Å². The van der Waals surface area contributed by atoms with Gasteiger partial charge in [-0.15, -0.1) is 0 Å². The molecule has 1 aromatic rings. The first-order valence-corrected chi connectivity index (χ1v) is 6.42. The number of carbonyl (C=O) groups excluding carboxylic acids is 1. The molecule has 1 amide bonds. The molecule has 2 heterocycles. The molecule has 2 unspecified atom stereocenters. The molecule has 2 atom stereocenters. The van der Waals surface area contributed by atoms with Gasteiger partial charge in [-0.05, 0) is 13.0 Å². The van der Waals surface area contributed by atoms with E-state index in [0.717, 1.165) is 5.56 Å². The molecule has 2 aliphatic heterocycles. The van der Waals surface area contributed by atoms with Crippen LogP contribution in [-0.4, -0.2) is 26.4 Å². The van der Waals surface area contributed by atoms with E-state index in [1.807, 2.05) is 25.1 Å². The number of benzene rings is 1. The standard InChI is InChI=1S/C15H14N2O4/c1-15-10-6-4-5-7-11(10)17(14(18)20-3)12(15)9(8-16)13(19-2)21-15/h4-7,12H,1-3H3. The molecule has 108 valence electrons. The highest BCUT2D eigenvalue weighted by Gasteiger charge is 2.60. The van der Waals surface area contributed by atoms with Crippen molar-refractivity contribution in [2.75, 3.05) is 19.1 Å². The van der Waals surface area contributed by atoms with E-state index in [0.29, 0.717) is 5.69 Å². The van der Waals surface area contributed by atoms with Gasteiger partial charge >= 0.3 is 6.09 Å². The van der Waals surface area contributed by atoms with Crippen LogP contribution in [0, 0.1) is 11.3 Å². The lowest BCUT2D eigenvalue weighted by atomic mass is 9.89. The van der Waals surface area contributed by atoms with Crippen LogP contribution < -0.4 is 4.90 Å². The molecule has 2 aliphatic rings. The van der Waals surface area contributed by atoms with Crippen LogP contribution in [0.15, 0.2) is 35.8 Å². The molecule has 0 aliphatic carbocycles. The summed E-state index contributed by atoms with van der Waals surface area (Å²) in [6.07, 6.45) is -0.537. The fourth-order valence-corrected chi connectivity index (χ4v) is 3.07. The number of nitriles is 1. The molecule has 0 spiro atoms. The lowest BCUT2D eigenvalue weighted by molar-refractivity contribution is -0.0332. The Balaban J connectivity index is 2.23. The maximum absolute atomic E-state index is 12.2. The maximum Gasteiger partial charge on any atom is 0.414 e. The number of nitrogens with zero attached hydrogens (tertiary/aromatic N) is 2. The van der Waals surface area contributed by atoms with E-state index < -0.39 is 17.7 Å². The van der Waals surface area contributed by atoms with E-state index in [-0.39, 0.29) is 11.5 Å². The number of fused-ring (bicyclic) bond motifs is 3.